The van der Waals surface area contributed by atoms with Gasteiger partial charge in [-0.3, -0.25) is 14.9 Å². The van der Waals surface area contributed by atoms with Crippen LogP contribution in [0, 0.1) is 24.0 Å². The van der Waals surface area contributed by atoms with E-state index in [-0.39, 0.29) is 22.5 Å². The first-order chi connectivity index (χ1) is 13.7. The number of carbonyl (C=O) groups is 1. The second-order valence-electron chi connectivity index (χ2n) is 7.24. The summed E-state index contributed by atoms with van der Waals surface area (Å²) in [6.07, 6.45) is 1.01. The number of rotatable bonds is 5. The first-order valence-electron chi connectivity index (χ1n) is 9.31. The third-order valence-corrected chi connectivity index (χ3v) is 6.75. The molecule has 1 N–H and O–H groups in total. The van der Waals surface area contributed by atoms with Crippen LogP contribution in [0.1, 0.15) is 34.3 Å². The van der Waals surface area contributed by atoms with Gasteiger partial charge in [-0.2, -0.15) is 0 Å². The van der Waals surface area contributed by atoms with Crippen LogP contribution >= 0.6 is 0 Å². The summed E-state index contributed by atoms with van der Waals surface area (Å²) in [7, 11) is -3.78. The number of sulfonamides is 1. The van der Waals surface area contributed by atoms with Crippen molar-refractivity contribution in [3.05, 3.63) is 69.3 Å². The van der Waals surface area contributed by atoms with E-state index < -0.39 is 14.9 Å². The predicted molar refractivity (Wildman–Crippen MR) is 108 cm³/mol. The molecule has 0 unspecified atom stereocenters. The Morgan fingerprint density at radius 3 is 2.24 bits per heavy atom. The number of nitrogens with one attached hydrogen (secondary N) is 1. The van der Waals surface area contributed by atoms with Gasteiger partial charge in [-0.1, -0.05) is 6.07 Å². The minimum Gasteiger partial charge on any atom is -0.339 e. The van der Waals surface area contributed by atoms with Gasteiger partial charge < -0.3 is 4.90 Å². The second-order valence-corrected chi connectivity index (χ2v) is 8.95. The number of nitro groups is 1. The van der Waals surface area contributed by atoms with Crippen molar-refractivity contribution in [2.75, 3.05) is 13.1 Å². The quantitative estimate of drug-likeness (QED) is 0.594. The first-order valence-corrected chi connectivity index (χ1v) is 10.8. The van der Waals surface area contributed by atoms with E-state index in [1.54, 1.807) is 4.90 Å². The molecular weight excluding hydrogens is 394 g/mol. The fourth-order valence-electron chi connectivity index (χ4n) is 3.29. The average molecular weight is 417 g/mol. The van der Waals surface area contributed by atoms with Crippen LogP contribution < -0.4 is 4.72 Å². The van der Waals surface area contributed by atoms with E-state index in [2.05, 4.69) is 4.72 Å². The van der Waals surface area contributed by atoms with Gasteiger partial charge in [-0.05, 0) is 62.1 Å². The average Bonchev–Trinajstić information content (AvgIpc) is 2.70. The van der Waals surface area contributed by atoms with Crippen molar-refractivity contribution in [2.24, 2.45) is 0 Å². The van der Waals surface area contributed by atoms with Crippen LogP contribution in [-0.4, -0.2) is 43.3 Å². The summed E-state index contributed by atoms with van der Waals surface area (Å²) < 4.78 is 27.7. The van der Waals surface area contributed by atoms with Crippen molar-refractivity contribution < 1.29 is 18.1 Å². The Kier molecular flexibility index (Phi) is 5.99. The summed E-state index contributed by atoms with van der Waals surface area (Å²) in [5, 5.41) is 10.7. The molecule has 1 fully saturated rings. The van der Waals surface area contributed by atoms with Crippen LogP contribution in [-0.2, 0) is 10.0 Å². The summed E-state index contributed by atoms with van der Waals surface area (Å²) in [4.78, 5) is 24.5. The van der Waals surface area contributed by atoms with Crippen molar-refractivity contribution in [3.8, 4) is 0 Å². The van der Waals surface area contributed by atoms with Crippen molar-refractivity contribution in [1.29, 1.82) is 0 Å². The number of likely N-dealkylation sites (tertiary alicyclic amines) is 1. The van der Waals surface area contributed by atoms with Crippen LogP contribution in [0.4, 0.5) is 5.69 Å². The number of amides is 1. The maximum atomic E-state index is 12.7. The van der Waals surface area contributed by atoms with Crippen LogP contribution in [0.2, 0.25) is 0 Å². The van der Waals surface area contributed by atoms with E-state index in [9.17, 15) is 23.3 Å². The highest BCUT2D eigenvalue weighted by atomic mass is 32.2. The molecule has 1 aliphatic rings. The zero-order valence-electron chi connectivity index (χ0n) is 16.3. The summed E-state index contributed by atoms with van der Waals surface area (Å²) in [5.74, 6) is -0.0511. The predicted octanol–water partition coefficient (Wildman–Crippen LogP) is 2.79. The van der Waals surface area contributed by atoms with Crippen LogP contribution in [0.25, 0.3) is 0 Å². The molecule has 0 saturated carbocycles. The molecule has 154 valence electrons. The Morgan fingerprint density at radius 1 is 1.07 bits per heavy atom. The molecule has 8 nitrogen and oxygen atoms in total. The maximum absolute atomic E-state index is 12.7. The topological polar surface area (TPSA) is 110 Å². The molecule has 29 heavy (non-hydrogen) atoms. The lowest BCUT2D eigenvalue weighted by molar-refractivity contribution is -0.384. The monoisotopic (exact) mass is 417 g/mol. The molecular formula is C20H23N3O5S. The molecule has 0 bridgehead atoms. The third kappa shape index (κ3) is 4.80. The van der Waals surface area contributed by atoms with E-state index in [1.807, 2.05) is 32.0 Å². The summed E-state index contributed by atoms with van der Waals surface area (Å²) in [6.45, 7) is 4.87. The molecule has 2 aromatic carbocycles. The van der Waals surface area contributed by atoms with Crippen LogP contribution in [0.3, 0.4) is 0 Å². The van der Waals surface area contributed by atoms with Gasteiger partial charge in [0.2, 0.25) is 10.0 Å². The molecule has 3 rings (SSSR count). The van der Waals surface area contributed by atoms with Gasteiger partial charge in [0.25, 0.3) is 11.6 Å². The number of hydrogen-bond acceptors (Lipinski definition) is 5. The Balaban J connectivity index is 1.60. The lowest BCUT2D eigenvalue weighted by Crippen LogP contribution is -2.46. The second kappa shape index (κ2) is 8.30. The SMILES string of the molecule is Cc1ccc(C(=O)N2CCC(NS(=O)(=O)c3ccc([N+](=O)[O-])cc3)CC2)cc1C. The van der Waals surface area contributed by atoms with Crippen molar-refractivity contribution in [2.45, 2.75) is 37.6 Å². The summed E-state index contributed by atoms with van der Waals surface area (Å²) in [5.41, 5.74) is 2.66. The lowest BCUT2D eigenvalue weighted by atomic mass is 10.0. The van der Waals surface area contributed by atoms with Gasteiger partial charge in [-0.25, -0.2) is 13.1 Å². The zero-order valence-corrected chi connectivity index (χ0v) is 17.1. The Hall–Kier alpha value is -2.78. The number of non-ortho nitro benzene ring substituents is 1. The third-order valence-electron chi connectivity index (χ3n) is 5.22. The number of nitro benzene ring substituents is 1. The molecule has 9 heteroatoms. The standard InChI is InChI=1S/C20H23N3O5S/c1-14-3-4-16(13-15(14)2)20(24)22-11-9-17(10-12-22)21-29(27,28)19-7-5-18(6-8-19)23(25)26/h3-8,13,17,21H,9-12H2,1-2H3. The van der Waals surface area contributed by atoms with Crippen molar-refractivity contribution in [1.82, 2.24) is 9.62 Å². The van der Waals surface area contributed by atoms with E-state index >= 15 is 0 Å². The Bertz CT molecular complexity index is 1030. The molecule has 1 amide bonds. The van der Waals surface area contributed by atoms with E-state index in [0.29, 0.717) is 31.5 Å². The number of benzene rings is 2. The number of nitrogens with zero attached hydrogens (tertiary/aromatic N) is 2. The lowest BCUT2D eigenvalue weighted by Gasteiger charge is -2.32. The van der Waals surface area contributed by atoms with Crippen molar-refractivity contribution >= 4 is 21.6 Å². The molecule has 1 aliphatic heterocycles. The number of aryl methyl sites for hydroxylation is 2. The first kappa shape index (κ1) is 20.9. The smallest absolute Gasteiger partial charge is 0.269 e. The van der Waals surface area contributed by atoms with Gasteiger partial charge >= 0.3 is 0 Å². The van der Waals surface area contributed by atoms with Crippen molar-refractivity contribution in [3.63, 3.8) is 0 Å². The fraction of sp³-hybridized carbons (Fsp3) is 0.350. The minimum absolute atomic E-state index is 0.0169. The molecule has 0 atom stereocenters. The van der Waals surface area contributed by atoms with E-state index in [0.717, 1.165) is 11.1 Å². The number of carbonyl (C=O) groups excluding carboxylic acids is 1. The van der Waals surface area contributed by atoms with Gasteiger partial charge in [-0.15, -0.1) is 0 Å². The molecule has 0 spiro atoms. The minimum atomic E-state index is -3.78. The Labute approximate surface area is 169 Å². The highest BCUT2D eigenvalue weighted by Gasteiger charge is 2.27. The Morgan fingerprint density at radius 2 is 1.69 bits per heavy atom. The summed E-state index contributed by atoms with van der Waals surface area (Å²) >= 11 is 0. The highest BCUT2D eigenvalue weighted by molar-refractivity contribution is 7.89. The largest absolute Gasteiger partial charge is 0.339 e. The summed E-state index contributed by atoms with van der Waals surface area (Å²) in [6, 6.07) is 10.1. The number of piperidine rings is 1. The van der Waals surface area contributed by atoms with Gasteiger partial charge in [0.15, 0.2) is 0 Å². The van der Waals surface area contributed by atoms with Gasteiger partial charge in [0.1, 0.15) is 0 Å². The van der Waals surface area contributed by atoms with Gasteiger partial charge in [0.05, 0.1) is 9.82 Å². The fourth-order valence-corrected chi connectivity index (χ4v) is 4.60. The van der Waals surface area contributed by atoms with Gasteiger partial charge in [0, 0.05) is 36.8 Å². The normalized spacial score (nSPS) is 15.3. The van der Waals surface area contributed by atoms with Crippen LogP contribution in [0.15, 0.2) is 47.4 Å². The number of hydrogen-bond donors (Lipinski definition) is 1. The van der Waals surface area contributed by atoms with E-state index in [1.165, 1.54) is 24.3 Å². The molecule has 0 aliphatic carbocycles. The molecule has 2 aromatic rings. The molecule has 0 aromatic heterocycles. The maximum Gasteiger partial charge on any atom is 0.269 e. The molecule has 1 heterocycles. The molecule has 1 saturated heterocycles. The highest BCUT2D eigenvalue weighted by Crippen LogP contribution is 2.20. The zero-order chi connectivity index (χ0) is 21.2. The van der Waals surface area contributed by atoms with Crippen LogP contribution in [0.5, 0.6) is 0 Å². The van der Waals surface area contributed by atoms with E-state index in [4.69, 9.17) is 0 Å². The molecule has 0 radical (unpaired) electrons.